The van der Waals surface area contributed by atoms with E-state index in [-0.39, 0.29) is 11.7 Å². The van der Waals surface area contributed by atoms with E-state index in [2.05, 4.69) is 5.32 Å². The molecule has 1 aliphatic heterocycles. The molecule has 0 aliphatic carbocycles. The summed E-state index contributed by atoms with van der Waals surface area (Å²) in [6, 6.07) is 4.86. The first-order valence-electron chi connectivity index (χ1n) is 7.40. The van der Waals surface area contributed by atoms with Crippen molar-refractivity contribution in [2.45, 2.75) is 32.6 Å². The summed E-state index contributed by atoms with van der Waals surface area (Å²) in [5.74, 6) is 0.0000125. The van der Waals surface area contributed by atoms with Crippen molar-refractivity contribution in [1.29, 1.82) is 0 Å². The van der Waals surface area contributed by atoms with Crippen LogP contribution in [0.15, 0.2) is 18.2 Å². The second-order valence-corrected chi connectivity index (χ2v) is 5.44. The summed E-state index contributed by atoms with van der Waals surface area (Å²) in [4.78, 5) is 13.9. The number of carbonyl (C=O) groups excluding carboxylic acids is 1. The van der Waals surface area contributed by atoms with Crippen LogP contribution in [0.25, 0.3) is 0 Å². The predicted octanol–water partition coefficient (Wildman–Crippen LogP) is 2.28. The first kappa shape index (κ1) is 15.0. The molecule has 1 aliphatic rings. The number of aryl methyl sites for hydroxylation is 1. The zero-order chi connectivity index (χ0) is 14.4. The van der Waals surface area contributed by atoms with Crippen LogP contribution < -0.4 is 5.32 Å². The molecule has 0 unspecified atom stereocenters. The second-order valence-electron chi connectivity index (χ2n) is 5.44. The largest absolute Gasteiger partial charge is 0.342 e. The first-order valence-corrected chi connectivity index (χ1v) is 7.40. The van der Waals surface area contributed by atoms with Gasteiger partial charge in [0, 0.05) is 13.1 Å². The molecule has 110 valence electrons. The number of nitrogens with zero attached hydrogens (tertiary/aromatic N) is 1. The Bertz CT molecular complexity index is 456. The average Bonchev–Trinajstić information content (AvgIpc) is 2.46. The van der Waals surface area contributed by atoms with Gasteiger partial charge in [0.25, 0.3) is 0 Å². The third-order valence-electron chi connectivity index (χ3n) is 3.86. The highest BCUT2D eigenvalue weighted by atomic mass is 19.1. The maximum absolute atomic E-state index is 13.0. The molecular formula is C16H23FN2O. The molecule has 3 nitrogen and oxygen atoms in total. The maximum atomic E-state index is 13.0. The summed E-state index contributed by atoms with van der Waals surface area (Å²) in [6.45, 7) is 4.86. The number of carbonyl (C=O) groups is 1. The molecule has 4 heteroatoms. The van der Waals surface area contributed by atoms with Crippen molar-refractivity contribution in [3.05, 3.63) is 35.1 Å². The van der Waals surface area contributed by atoms with E-state index >= 15 is 0 Å². The second kappa shape index (κ2) is 7.39. The van der Waals surface area contributed by atoms with Gasteiger partial charge in [-0.3, -0.25) is 4.79 Å². The number of likely N-dealkylation sites (tertiary alicyclic amines) is 1. The van der Waals surface area contributed by atoms with Gasteiger partial charge in [-0.05, 0) is 62.4 Å². The van der Waals surface area contributed by atoms with Crippen molar-refractivity contribution >= 4 is 5.91 Å². The van der Waals surface area contributed by atoms with Crippen molar-refractivity contribution in [2.75, 3.05) is 26.2 Å². The van der Waals surface area contributed by atoms with Gasteiger partial charge in [0.15, 0.2) is 0 Å². The lowest BCUT2D eigenvalue weighted by Gasteiger charge is -2.26. The van der Waals surface area contributed by atoms with Crippen LogP contribution in [-0.2, 0) is 11.2 Å². The van der Waals surface area contributed by atoms with Crippen molar-refractivity contribution in [2.24, 2.45) is 0 Å². The fourth-order valence-electron chi connectivity index (χ4n) is 2.61. The Morgan fingerprint density at radius 2 is 2.05 bits per heavy atom. The molecule has 0 bridgehead atoms. The summed E-state index contributed by atoms with van der Waals surface area (Å²) >= 11 is 0. The number of nitrogens with one attached hydrogen (secondary N) is 1. The SMILES string of the molecule is Cc1cc(F)ccc1CCNCC(=O)N1CCCCC1. The van der Waals surface area contributed by atoms with Crippen LogP contribution in [0.4, 0.5) is 4.39 Å². The number of amides is 1. The van der Waals surface area contributed by atoms with Crippen molar-refractivity contribution in [1.82, 2.24) is 10.2 Å². The molecular weight excluding hydrogens is 255 g/mol. The minimum atomic E-state index is -0.195. The standard InChI is InChI=1S/C16H23FN2O/c1-13-11-15(17)6-5-14(13)7-8-18-12-16(20)19-9-3-2-4-10-19/h5-6,11,18H,2-4,7-10,12H2,1H3. The first-order chi connectivity index (χ1) is 9.66. The van der Waals surface area contributed by atoms with Crippen LogP contribution >= 0.6 is 0 Å². The molecule has 1 aromatic carbocycles. The van der Waals surface area contributed by atoms with E-state index < -0.39 is 0 Å². The van der Waals surface area contributed by atoms with Gasteiger partial charge in [0.05, 0.1) is 6.54 Å². The Balaban J connectivity index is 1.69. The number of benzene rings is 1. The van der Waals surface area contributed by atoms with E-state index in [1.54, 1.807) is 6.07 Å². The summed E-state index contributed by atoms with van der Waals surface area (Å²) in [6.07, 6.45) is 4.31. The van der Waals surface area contributed by atoms with Gasteiger partial charge in [0.2, 0.25) is 5.91 Å². The topological polar surface area (TPSA) is 32.3 Å². The van der Waals surface area contributed by atoms with Crippen LogP contribution in [0, 0.1) is 12.7 Å². The van der Waals surface area contributed by atoms with Gasteiger partial charge in [-0.1, -0.05) is 6.07 Å². The summed E-state index contributed by atoms with van der Waals surface area (Å²) < 4.78 is 13.0. The van der Waals surface area contributed by atoms with Crippen molar-refractivity contribution in [3.63, 3.8) is 0 Å². The monoisotopic (exact) mass is 278 g/mol. The summed E-state index contributed by atoms with van der Waals surface area (Å²) in [5.41, 5.74) is 2.10. The lowest BCUT2D eigenvalue weighted by Crippen LogP contribution is -2.41. The molecule has 0 saturated carbocycles. The molecule has 0 spiro atoms. The molecule has 1 aromatic rings. The van der Waals surface area contributed by atoms with Gasteiger partial charge in [-0.25, -0.2) is 4.39 Å². The van der Waals surface area contributed by atoms with Gasteiger partial charge in [0.1, 0.15) is 5.82 Å². The van der Waals surface area contributed by atoms with Crippen LogP contribution in [0.2, 0.25) is 0 Å². The highest BCUT2D eigenvalue weighted by Gasteiger charge is 2.15. The minimum Gasteiger partial charge on any atom is -0.342 e. The lowest BCUT2D eigenvalue weighted by atomic mass is 10.1. The molecule has 1 saturated heterocycles. The normalized spacial score (nSPS) is 15.4. The highest BCUT2D eigenvalue weighted by molar-refractivity contribution is 5.78. The number of rotatable bonds is 5. The van der Waals surface area contributed by atoms with Gasteiger partial charge < -0.3 is 10.2 Å². The Morgan fingerprint density at radius 3 is 2.75 bits per heavy atom. The van der Waals surface area contributed by atoms with Gasteiger partial charge >= 0.3 is 0 Å². The number of hydrogen-bond donors (Lipinski definition) is 1. The lowest BCUT2D eigenvalue weighted by molar-refractivity contribution is -0.131. The number of halogens is 1. The molecule has 0 aromatic heterocycles. The fraction of sp³-hybridized carbons (Fsp3) is 0.562. The molecule has 0 radical (unpaired) electrons. The third kappa shape index (κ3) is 4.30. The van der Waals surface area contributed by atoms with Gasteiger partial charge in [-0.15, -0.1) is 0 Å². The van der Waals surface area contributed by atoms with E-state index in [4.69, 9.17) is 0 Å². The van der Waals surface area contributed by atoms with Crippen LogP contribution in [0.5, 0.6) is 0 Å². The zero-order valence-corrected chi connectivity index (χ0v) is 12.1. The van der Waals surface area contributed by atoms with E-state index in [1.165, 1.54) is 12.5 Å². The number of piperidine rings is 1. The number of hydrogen-bond acceptors (Lipinski definition) is 2. The smallest absolute Gasteiger partial charge is 0.236 e. The van der Waals surface area contributed by atoms with E-state index in [0.29, 0.717) is 6.54 Å². The molecule has 1 heterocycles. The van der Waals surface area contributed by atoms with E-state index in [1.807, 2.05) is 17.9 Å². The Morgan fingerprint density at radius 1 is 1.30 bits per heavy atom. The predicted molar refractivity (Wildman–Crippen MR) is 78.1 cm³/mol. The Hall–Kier alpha value is -1.42. The van der Waals surface area contributed by atoms with Gasteiger partial charge in [-0.2, -0.15) is 0 Å². The molecule has 20 heavy (non-hydrogen) atoms. The van der Waals surface area contributed by atoms with Crippen LogP contribution in [-0.4, -0.2) is 37.0 Å². The Kier molecular flexibility index (Phi) is 5.53. The molecule has 2 rings (SSSR count). The molecule has 1 fully saturated rings. The summed E-state index contributed by atoms with van der Waals surface area (Å²) in [7, 11) is 0. The average molecular weight is 278 g/mol. The molecule has 1 N–H and O–H groups in total. The van der Waals surface area contributed by atoms with Crippen molar-refractivity contribution < 1.29 is 9.18 Å². The van der Waals surface area contributed by atoms with Crippen molar-refractivity contribution in [3.8, 4) is 0 Å². The van der Waals surface area contributed by atoms with Crippen LogP contribution in [0.1, 0.15) is 30.4 Å². The minimum absolute atomic E-state index is 0.195. The van der Waals surface area contributed by atoms with Crippen LogP contribution in [0.3, 0.4) is 0 Å². The maximum Gasteiger partial charge on any atom is 0.236 e. The quantitative estimate of drug-likeness (QED) is 0.838. The zero-order valence-electron chi connectivity index (χ0n) is 12.1. The third-order valence-corrected chi connectivity index (χ3v) is 3.86. The summed E-state index contributed by atoms with van der Waals surface area (Å²) in [5, 5.41) is 3.19. The Labute approximate surface area is 120 Å². The molecule has 1 amide bonds. The fourth-order valence-corrected chi connectivity index (χ4v) is 2.61. The van der Waals surface area contributed by atoms with E-state index in [0.717, 1.165) is 50.0 Å². The molecule has 0 atom stereocenters. The van der Waals surface area contributed by atoms with E-state index in [9.17, 15) is 9.18 Å². The highest BCUT2D eigenvalue weighted by Crippen LogP contribution is 2.10.